The van der Waals surface area contributed by atoms with E-state index in [-0.39, 0.29) is 18.3 Å². The summed E-state index contributed by atoms with van der Waals surface area (Å²) in [5, 5.41) is 2.85. The summed E-state index contributed by atoms with van der Waals surface area (Å²) < 4.78 is 19.7. The highest BCUT2D eigenvalue weighted by molar-refractivity contribution is 5.95. The maximum atomic E-state index is 13.8. The van der Waals surface area contributed by atoms with Crippen LogP contribution >= 0.6 is 0 Å². The van der Waals surface area contributed by atoms with Crippen LogP contribution in [0.2, 0.25) is 0 Å². The van der Waals surface area contributed by atoms with E-state index in [0.717, 1.165) is 22.4 Å². The third-order valence-corrected chi connectivity index (χ3v) is 6.73. The molecule has 4 aromatic rings. The zero-order chi connectivity index (χ0) is 26.6. The number of benzene rings is 4. The lowest BCUT2D eigenvalue weighted by atomic mass is 9.98. The number of halogens is 1. The number of hydrogen-bond acceptors (Lipinski definition) is 4. The van der Waals surface area contributed by atoms with Crippen molar-refractivity contribution in [2.24, 2.45) is 5.73 Å². The highest BCUT2D eigenvalue weighted by Gasteiger charge is 2.21. The molecule has 6 nitrogen and oxygen atoms in total. The topological polar surface area (TPSA) is 84.7 Å². The summed E-state index contributed by atoms with van der Waals surface area (Å²) in [6.45, 7) is 3.78. The molecule has 0 spiro atoms. The molecular formula is C31H28FN3O3. The normalized spacial score (nSPS) is 12.4. The first-order valence-electron chi connectivity index (χ1n) is 12.4. The van der Waals surface area contributed by atoms with Crippen LogP contribution in [0.3, 0.4) is 0 Å². The van der Waals surface area contributed by atoms with Crippen molar-refractivity contribution in [1.82, 2.24) is 5.32 Å². The summed E-state index contributed by atoms with van der Waals surface area (Å²) >= 11 is 0. The van der Waals surface area contributed by atoms with Crippen molar-refractivity contribution < 1.29 is 18.7 Å². The van der Waals surface area contributed by atoms with Gasteiger partial charge in [0.05, 0.1) is 12.2 Å². The quantitative estimate of drug-likeness (QED) is 0.357. The first-order valence-corrected chi connectivity index (χ1v) is 12.4. The average Bonchev–Trinajstić information content (AvgIpc) is 2.93. The molecule has 0 aromatic heterocycles. The fraction of sp³-hybridized carbons (Fsp3) is 0.161. The van der Waals surface area contributed by atoms with Crippen molar-refractivity contribution in [2.75, 3.05) is 18.1 Å². The Kier molecular flexibility index (Phi) is 7.09. The van der Waals surface area contributed by atoms with Crippen molar-refractivity contribution in [2.45, 2.75) is 20.0 Å². The van der Waals surface area contributed by atoms with Gasteiger partial charge in [0.15, 0.2) is 0 Å². The number of carbonyl (C=O) groups excluding carboxylic acids is 2. The number of primary amides is 1. The second-order valence-corrected chi connectivity index (χ2v) is 9.32. The van der Waals surface area contributed by atoms with Gasteiger partial charge >= 0.3 is 0 Å². The lowest BCUT2D eigenvalue weighted by Crippen LogP contribution is -2.32. The number of carbonyl (C=O) groups is 2. The fourth-order valence-electron chi connectivity index (χ4n) is 4.57. The number of anilines is 1. The van der Waals surface area contributed by atoms with Gasteiger partial charge in [-0.25, -0.2) is 4.39 Å². The summed E-state index contributed by atoms with van der Waals surface area (Å²) in [5.41, 5.74) is 11.7. The molecule has 38 heavy (non-hydrogen) atoms. The van der Waals surface area contributed by atoms with Crippen LogP contribution in [0.1, 0.15) is 37.4 Å². The van der Waals surface area contributed by atoms with Gasteiger partial charge in [0.2, 0.25) is 5.91 Å². The van der Waals surface area contributed by atoms with Crippen molar-refractivity contribution in [3.63, 3.8) is 0 Å². The van der Waals surface area contributed by atoms with E-state index in [1.54, 1.807) is 43.3 Å². The molecule has 0 bridgehead atoms. The van der Waals surface area contributed by atoms with Crippen molar-refractivity contribution in [3.8, 4) is 16.9 Å². The number of nitrogens with one attached hydrogen (secondary N) is 1. The van der Waals surface area contributed by atoms with Crippen LogP contribution in [-0.2, 0) is 13.1 Å². The number of fused-ring (bicyclic) bond motifs is 1. The van der Waals surface area contributed by atoms with Crippen LogP contribution in [-0.4, -0.2) is 25.0 Å². The molecule has 2 amide bonds. The lowest BCUT2D eigenvalue weighted by Gasteiger charge is -2.32. The molecule has 1 aliphatic heterocycles. The molecule has 3 N–H and O–H groups in total. The number of nitrogens with two attached hydrogens (primary N) is 1. The predicted molar refractivity (Wildman–Crippen MR) is 146 cm³/mol. The van der Waals surface area contributed by atoms with E-state index in [0.29, 0.717) is 47.7 Å². The zero-order valence-electron chi connectivity index (χ0n) is 21.0. The van der Waals surface area contributed by atoms with E-state index >= 15 is 0 Å². The summed E-state index contributed by atoms with van der Waals surface area (Å²) in [4.78, 5) is 26.5. The molecule has 1 aliphatic rings. The minimum absolute atomic E-state index is 0.233. The van der Waals surface area contributed by atoms with E-state index < -0.39 is 5.91 Å². The Morgan fingerprint density at radius 3 is 2.50 bits per heavy atom. The molecule has 192 valence electrons. The molecule has 5 rings (SSSR count). The molecular weight excluding hydrogens is 481 g/mol. The highest BCUT2D eigenvalue weighted by atomic mass is 19.1. The van der Waals surface area contributed by atoms with E-state index in [1.807, 2.05) is 30.3 Å². The Hall–Kier alpha value is -4.65. The molecule has 0 saturated heterocycles. The van der Waals surface area contributed by atoms with E-state index in [1.165, 1.54) is 6.07 Å². The molecule has 7 heteroatoms. The molecule has 0 saturated carbocycles. The van der Waals surface area contributed by atoms with Gasteiger partial charge in [-0.15, -0.1) is 0 Å². The van der Waals surface area contributed by atoms with Gasteiger partial charge in [-0.2, -0.15) is 0 Å². The largest absolute Gasteiger partial charge is 0.490 e. The van der Waals surface area contributed by atoms with Gasteiger partial charge in [0, 0.05) is 24.2 Å². The molecule has 0 atom stereocenters. The number of amides is 2. The van der Waals surface area contributed by atoms with Crippen LogP contribution in [0.4, 0.5) is 10.1 Å². The molecule has 0 aliphatic carbocycles. The van der Waals surface area contributed by atoms with E-state index in [2.05, 4.69) is 22.3 Å². The highest BCUT2D eigenvalue weighted by Crippen LogP contribution is 2.35. The molecule has 0 fully saturated rings. The van der Waals surface area contributed by atoms with E-state index in [9.17, 15) is 14.0 Å². The Morgan fingerprint density at radius 1 is 0.974 bits per heavy atom. The second kappa shape index (κ2) is 10.8. The first kappa shape index (κ1) is 25.0. The molecule has 0 radical (unpaired) electrons. The SMILES string of the molecule is Cc1ccc(CNC(=O)c2ccc3c(c2)OCCN3Cc2ccccc2-c2ccc(C(N)=O)cc2)cc1F. The maximum Gasteiger partial charge on any atom is 0.251 e. The standard InChI is InChI=1S/C31H28FN3O3/c1-20-6-7-21(16-27(20)32)18-34-31(37)24-12-13-28-29(17-24)38-15-14-35(28)19-25-4-2-3-5-26(25)22-8-10-23(11-9-22)30(33)36/h2-13,16-17H,14-15,18-19H2,1H3,(H2,33,36)(H,34,37). The fourth-order valence-corrected chi connectivity index (χ4v) is 4.57. The Bertz CT molecular complexity index is 1500. The van der Waals surface area contributed by atoms with Gasteiger partial charge in [-0.1, -0.05) is 48.5 Å². The predicted octanol–water partition coefficient (Wildman–Crippen LogP) is 5.23. The average molecular weight is 510 g/mol. The summed E-state index contributed by atoms with van der Waals surface area (Å²) in [7, 11) is 0. The van der Waals surface area contributed by atoms with Gasteiger partial charge < -0.3 is 20.7 Å². The number of aryl methyl sites for hydroxylation is 1. The van der Waals surface area contributed by atoms with Crippen LogP contribution in [0.15, 0.2) is 84.9 Å². The van der Waals surface area contributed by atoms with Crippen LogP contribution < -0.4 is 20.7 Å². The van der Waals surface area contributed by atoms with Crippen LogP contribution in [0, 0.1) is 12.7 Å². The van der Waals surface area contributed by atoms with Gasteiger partial charge in [-0.05, 0) is 71.1 Å². The van der Waals surface area contributed by atoms with Crippen molar-refractivity contribution in [1.29, 1.82) is 0 Å². The second-order valence-electron chi connectivity index (χ2n) is 9.32. The molecule has 1 heterocycles. The zero-order valence-corrected chi connectivity index (χ0v) is 21.0. The van der Waals surface area contributed by atoms with Crippen LogP contribution in [0.25, 0.3) is 11.1 Å². The Labute approximate surface area is 220 Å². The number of hydrogen-bond donors (Lipinski definition) is 2. The third kappa shape index (κ3) is 5.37. The van der Waals surface area contributed by atoms with Gasteiger partial charge in [0.25, 0.3) is 5.91 Å². The minimum Gasteiger partial charge on any atom is -0.490 e. The summed E-state index contributed by atoms with van der Waals surface area (Å²) in [6.07, 6.45) is 0. The number of ether oxygens (including phenoxy) is 1. The Morgan fingerprint density at radius 2 is 1.74 bits per heavy atom. The first-order chi connectivity index (χ1) is 18.4. The minimum atomic E-state index is -0.452. The smallest absolute Gasteiger partial charge is 0.251 e. The lowest BCUT2D eigenvalue weighted by molar-refractivity contribution is 0.0949. The Balaban J connectivity index is 1.32. The van der Waals surface area contributed by atoms with Gasteiger partial charge in [-0.3, -0.25) is 9.59 Å². The summed E-state index contributed by atoms with van der Waals surface area (Å²) in [5.74, 6) is -0.344. The van der Waals surface area contributed by atoms with Crippen molar-refractivity contribution in [3.05, 3.63) is 119 Å². The van der Waals surface area contributed by atoms with Crippen LogP contribution in [0.5, 0.6) is 5.75 Å². The number of nitrogens with zero attached hydrogens (tertiary/aromatic N) is 1. The molecule has 4 aromatic carbocycles. The monoisotopic (exact) mass is 509 g/mol. The number of rotatable bonds is 7. The van der Waals surface area contributed by atoms with Crippen molar-refractivity contribution >= 4 is 17.5 Å². The van der Waals surface area contributed by atoms with E-state index in [4.69, 9.17) is 10.5 Å². The maximum absolute atomic E-state index is 13.8. The molecule has 0 unspecified atom stereocenters. The summed E-state index contributed by atoms with van der Waals surface area (Å²) in [6, 6.07) is 25.8. The third-order valence-electron chi connectivity index (χ3n) is 6.73. The van der Waals surface area contributed by atoms with Gasteiger partial charge in [0.1, 0.15) is 18.2 Å².